The number of hydrogen-bond acceptors (Lipinski definition) is 2. The van der Waals surface area contributed by atoms with E-state index in [9.17, 15) is 0 Å². The van der Waals surface area contributed by atoms with Gasteiger partial charge in [-0.25, -0.2) is 0 Å². The van der Waals surface area contributed by atoms with Gasteiger partial charge in [-0.2, -0.15) is 0 Å². The van der Waals surface area contributed by atoms with Crippen molar-refractivity contribution in [2.45, 2.75) is 19.3 Å². The van der Waals surface area contributed by atoms with E-state index in [-0.39, 0.29) is 0 Å². The molecular formula is C12H18N2. The summed E-state index contributed by atoms with van der Waals surface area (Å²) in [5, 5.41) is 3.41. The molecule has 0 bridgehead atoms. The lowest BCUT2D eigenvalue weighted by Gasteiger charge is -2.30. The number of benzene rings is 1. The fourth-order valence-electron chi connectivity index (χ4n) is 2.32. The lowest BCUT2D eigenvalue weighted by Crippen LogP contribution is -2.34. The van der Waals surface area contributed by atoms with E-state index < -0.39 is 0 Å². The van der Waals surface area contributed by atoms with Gasteiger partial charge in [0, 0.05) is 5.69 Å². The van der Waals surface area contributed by atoms with E-state index in [4.69, 9.17) is 5.73 Å². The summed E-state index contributed by atoms with van der Waals surface area (Å²) in [7, 11) is 0. The third-order valence-electron chi connectivity index (χ3n) is 3.18. The summed E-state index contributed by atoms with van der Waals surface area (Å²) in [5.74, 6) is 1.32. The zero-order valence-electron chi connectivity index (χ0n) is 8.66. The summed E-state index contributed by atoms with van der Waals surface area (Å²) >= 11 is 0. The molecule has 1 heterocycles. The number of piperidine rings is 1. The number of anilines is 1. The van der Waals surface area contributed by atoms with E-state index in [2.05, 4.69) is 24.4 Å². The maximum absolute atomic E-state index is 5.99. The van der Waals surface area contributed by atoms with Gasteiger partial charge in [-0.1, -0.05) is 25.1 Å². The first-order valence-corrected chi connectivity index (χ1v) is 5.34. The van der Waals surface area contributed by atoms with Crippen molar-refractivity contribution in [3.05, 3.63) is 29.8 Å². The highest BCUT2D eigenvalue weighted by Gasteiger charge is 2.23. The minimum Gasteiger partial charge on any atom is -0.398 e. The molecule has 0 aromatic heterocycles. The molecular weight excluding hydrogens is 172 g/mol. The Morgan fingerprint density at radius 1 is 1.36 bits per heavy atom. The molecule has 2 nitrogen and oxygen atoms in total. The molecule has 3 N–H and O–H groups in total. The standard InChI is InChI=1S/C12H18N2/c1-9-8-14-7-6-10(9)11-4-2-3-5-12(11)13/h2-5,9-10,14H,6-8,13H2,1H3. The SMILES string of the molecule is CC1CNCCC1c1ccccc1N. The van der Waals surface area contributed by atoms with Crippen LogP contribution < -0.4 is 11.1 Å². The minimum atomic E-state index is 0.637. The average molecular weight is 190 g/mol. The minimum absolute atomic E-state index is 0.637. The van der Waals surface area contributed by atoms with Crippen molar-refractivity contribution in [2.24, 2.45) is 5.92 Å². The molecule has 2 rings (SSSR count). The van der Waals surface area contributed by atoms with Crippen LogP contribution in [0.15, 0.2) is 24.3 Å². The molecule has 1 aliphatic heterocycles. The third kappa shape index (κ3) is 1.75. The summed E-state index contributed by atoms with van der Waals surface area (Å²) in [6, 6.07) is 8.26. The highest BCUT2D eigenvalue weighted by atomic mass is 14.9. The van der Waals surface area contributed by atoms with Gasteiger partial charge in [-0.3, -0.25) is 0 Å². The highest BCUT2D eigenvalue weighted by Crippen LogP contribution is 2.32. The molecule has 0 aliphatic carbocycles. The van der Waals surface area contributed by atoms with E-state index >= 15 is 0 Å². The molecule has 2 unspecified atom stereocenters. The second-order valence-corrected chi connectivity index (χ2v) is 4.21. The molecule has 0 amide bonds. The molecule has 1 aliphatic rings. The molecule has 2 atom stereocenters. The van der Waals surface area contributed by atoms with Crippen LogP contribution in [-0.2, 0) is 0 Å². The van der Waals surface area contributed by atoms with E-state index in [1.807, 2.05) is 12.1 Å². The predicted molar refractivity (Wildman–Crippen MR) is 60.2 cm³/mol. The molecule has 0 radical (unpaired) electrons. The van der Waals surface area contributed by atoms with Crippen molar-refractivity contribution in [3.8, 4) is 0 Å². The van der Waals surface area contributed by atoms with Gasteiger partial charge in [0.05, 0.1) is 0 Å². The number of para-hydroxylation sites is 1. The topological polar surface area (TPSA) is 38.0 Å². The first-order chi connectivity index (χ1) is 6.79. The molecule has 1 saturated heterocycles. The molecule has 1 fully saturated rings. The fraction of sp³-hybridized carbons (Fsp3) is 0.500. The fourth-order valence-corrected chi connectivity index (χ4v) is 2.32. The van der Waals surface area contributed by atoms with Crippen LogP contribution in [0.5, 0.6) is 0 Å². The Morgan fingerprint density at radius 2 is 2.14 bits per heavy atom. The van der Waals surface area contributed by atoms with Crippen LogP contribution in [0.1, 0.15) is 24.8 Å². The van der Waals surface area contributed by atoms with Crippen LogP contribution in [0.4, 0.5) is 5.69 Å². The maximum Gasteiger partial charge on any atom is 0.0349 e. The first kappa shape index (κ1) is 9.53. The average Bonchev–Trinajstić information content (AvgIpc) is 2.20. The quantitative estimate of drug-likeness (QED) is 0.665. The van der Waals surface area contributed by atoms with E-state index in [0.717, 1.165) is 18.8 Å². The molecule has 1 aromatic carbocycles. The molecule has 0 saturated carbocycles. The van der Waals surface area contributed by atoms with Crippen LogP contribution in [0.25, 0.3) is 0 Å². The van der Waals surface area contributed by atoms with Gasteiger partial charge in [0.25, 0.3) is 0 Å². The Morgan fingerprint density at radius 3 is 2.86 bits per heavy atom. The first-order valence-electron chi connectivity index (χ1n) is 5.34. The number of nitrogens with one attached hydrogen (secondary N) is 1. The van der Waals surface area contributed by atoms with Crippen LogP contribution in [0.3, 0.4) is 0 Å². The second kappa shape index (κ2) is 4.01. The van der Waals surface area contributed by atoms with Crippen LogP contribution in [-0.4, -0.2) is 13.1 Å². The van der Waals surface area contributed by atoms with E-state index in [1.54, 1.807) is 0 Å². The van der Waals surface area contributed by atoms with E-state index in [1.165, 1.54) is 12.0 Å². The molecule has 76 valence electrons. The largest absolute Gasteiger partial charge is 0.398 e. The maximum atomic E-state index is 5.99. The van der Waals surface area contributed by atoms with Crippen molar-refractivity contribution in [1.29, 1.82) is 0 Å². The van der Waals surface area contributed by atoms with Crippen molar-refractivity contribution in [2.75, 3.05) is 18.8 Å². The summed E-state index contributed by atoms with van der Waals surface area (Å²) in [6.45, 7) is 4.52. The number of rotatable bonds is 1. The highest BCUT2D eigenvalue weighted by molar-refractivity contribution is 5.48. The smallest absolute Gasteiger partial charge is 0.0349 e. The number of nitrogens with two attached hydrogens (primary N) is 1. The molecule has 2 heteroatoms. The Balaban J connectivity index is 2.25. The van der Waals surface area contributed by atoms with E-state index in [0.29, 0.717) is 11.8 Å². The van der Waals surface area contributed by atoms with Gasteiger partial charge in [-0.05, 0) is 43.0 Å². The number of hydrogen-bond donors (Lipinski definition) is 2. The Bertz CT molecular complexity index is 309. The van der Waals surface area contributed by atoms with Gasteiger partial charge < -0.3 is 11.1 Å². The van der Waals surface area contributed by atoms with Crippen LogP contribution >= 0.6 is 0 Å². The summed E-state index contributed by atoms with van der Waals surface area (Å²) in [5.41, 5.74) is 8.28. The van der Waals surface area contributed by atoms with Gasteiger partial charge in [-0.15, -0.1) is 0 Å². The second-order valence-electron chi connectivity index (χ2n) is 4.21. The van der Waals surface area contributed by atoms with Gasteiger partial charge >= 0.3 is 0 Å². The van der Waals surface area contributed by atoms with Crippen LogP contribution in [0, 0.1) is 5.92 Å². The Kier molecular flexibility index (Phi) is 2.73. The predicted octanol–water partition coefficient (Wildman–Crippen LogP) is 1.98. The zero-order chi connectivity index (χ0) is 9.97. The van der Waals surface area contributed by atoms with Gasteiger partial charge in [0.15, 0.2) is 0 Å². The Labute approximate surface area is 85.5 Å². The van der Waals surface area contributed by atoms with Crippen LogP contribution in [0.2, 0.25) is 0 Å². The third-order valence-corrected chi connectivity index (χ3v) is 3.18. The lowest BCUT2D eigenvalue weighted by molar-refractivity contribution is 0.350. The lowest BCUT2D eigenvalue weighted by atomic mass is 9.82. The molecule has 14 heavy (non-hydrogen) atoms. The van der Waals surface area contributed by atoms with Gasteiger partial charge in [0.1, 0.15) is 0 Å². The van der Waals surface area contributed by atoms with Crippen molar-refractivity contribution < 1.29 is 0 Å². The summed E-state index contributed by atoms with van der Waals surface area (Å²) in [4.78, 5) is 0. The van der Waals surface area contributed by atoms with Crippen molar-refractivity contribution in [3.63, 3.8) is 0 Å². The summed E-state index contributed by atoms with van der Waals surface area (Å²) in [6.07, 6.45) is 1.20. The molecule has 1 aromatic rings. The zero-order valence-corrected chi connectivity index (χ0v) is 8.66. The summed E-state index contributed by atoms with van der Waals surface area (Å²) < 4.78 is 0. The monoisotopic (exact) mass is 190 g/mol. The Hall–Kier alpha value is -1.02. The molecule has 0 spiro atoms. The van der Waals surface area contributed by atoms with Gasteiger partial charge in [0.2, 0.25) is 0 Å². The van der Waals surface area contributed by atoms with Crippen molar-refractivity contribution in [1.82, 2.24) is 5.32 Å². The van der Waals surface area contributed by atoms with Crippen molar-refractivity contribution >= 4 is 5.69 Å². The normalized spacial score (nSPS) is 27.5. The number of nitrogen functional groups attached to an aromatic ring is 1.